The Balaban J connectivity index is 1.83. The maximum atomic E-state index is 12.1. The molecule has 0 spiro atoms. The molecule has 1 saturated heterocycles. The average Bonchev–Trinajstić information content (AvgIpc) is 2.70. The highest BCUT2D eigenvalue weighted by Crippen LogP contribution is 2.29. The zero-order valence-electron chi connectivity index (χ0n) is 17.1. The van der Waals surface area contributed by atoms with Crippen molar-refractivity contribution in [2.75, 3.05) is 26.8 Å². The highest BCUT2D eigenvalue weighted by atomic mass is 16.5. The van der Waals surface area contributed by atoms with Crippen LogP contribution in [0.4, 0.5) is 0 Å². The topological polar surface area (TPSA) is 108 Å². The molecule has 1 aromatic carbocycles. The maximum Gasteiger partial charge on any atom is 0.331 e. The lowest BCUT2D eigenvalue weighted by molar-refractivity contribution is -0.149. The summed E-state index contributed by atoms with van der Waals surface area (Å²) >= 11 is 0. The minimum absolute atomic E-state index is 0.0133. The molecule has 2 amide bonds. The van der Waals surface area contributed by atoms with Gasteiger partial charge in [0.2, 0.25) is 5.91 Å². The van der Waals surface area contributed by atoms with Crippen LogP contribution >= 0.6 is 0 Å². The zero-order chi connectivity index (χ0) is 21.4. The summed E-state index contributed by atoms with van der Waals surface area (Å²) in [6, 6.07) is 5.30. The van der Waals surface area contributed by atoms with Gasteiger partial charge in [0.05, 0.1) is 13.2 Å². The number of carbonyl (C=O) groups is 3. The van der Waals surface area contributed by atoms with Gasteiger partial charge in [0.15, 0.2) is 18.1 Å². The Kier molecular flexibility index (Phi) is 8.06. The van der Waals surface area contributed by atoms with E-state index < -0.39 is 5.97 Å². The first-order valence-corrected chi connectivity index (χ1v) is 9.56. The van der Waals surface area contributed by atoms with Crippen molar-refractivity contribution in [2.24, 2.45) is 11.7 Å². The fraction of sp³-hybridized carbons (Fsp3) is 0.476. The van der Waals surface area contributed by atoms with Crippen LogP contribution in [0.3, 0.4) is 0 Å². The van der Waals surface area contributed by atoms with Gasteiger partial charge in [-0.15, -0.1) is 0 Å². The normalized spacial score (nSPS) is 14.8. The van der Waals surface area contributed by atoms with Crippen LogP contribution in [0.25, 0.3) is 6.08 Å². The Bertz CT molecular complexity index is 766. The van der Waals surface area contributed by atoms with E-state index in [-0.39, 0.29) is 30.4 Å². The molecular weight excluding hydrogens is 376 g/mol. The minimum atomic E-state index is -0.619. The van der Waals surface area contributed by atoms with Crippen molar-refractivity contribution < 1.29 is 28.6 Å². The summed E-state index contributed by atoms with van der Waals surface area (Å²) < 4.78 is 16.0. The van der Waals surface area contributed by atoms with Crippen LogP contribution < -0.4 is 15.2 Å². The molecule has 0 atom stereocenters. The fourth-order valence-corrected chi connectivity index (χ4v) is 2.99. The van der Waals surface area contributed by atoms with Crippen molar-refractivity contribution in [1.29, 1.82) is 0 Å². The van der Waals surface area contributed by atoms with Gasteiger partial charge < -0.3 is 24.8 Å². The van der Waals surface area contributed by atoms with Gasteiger partial charge in [0.25, 0.3) is 5.91 Å². The monoisotopic (exact) mass is 404 g/mol. The Labute approximate surface area is 170 Å². The molecule has 0 aromatic heterocycles. The van der Waals surface area contributed by atoms with E-state index in [4.69, 9.17) is 19.9 Å². The predicted octanol–water partition coefficient (Wildman–Crippen LogP) is 1.76. The predicted molar refractivity (Wildman–Crippen MR) is 107 cm³/mol. The molecule has 0 aliphatic carbocycles. The summed E-state index contributed by atoms with van der Waals surface area (Å²) in [5.74, 6) is -0.261. The summed E-state index contributed by atoms with van der Waals surface area (Å²) in [6.07, 6.45) is 3.91. The molecule has 2 N–H and O–H groups in total. The van der Waals surface area contributed by atoms with Crippen molar-refractivity contribution in [3.63, 3.8) is 0 Å². The zero-order valence-corrected chi connectivity index (χ0v) is 17.1. The molecule has 158 valence electrons. The number of methoxy groups -OCH3 is 1. The first kappa shape index (κ1) is 22.3. The number of nitrogens with zero attached hydrogens (tertiary/aromatic N) is 1. The molecule has 1 fully saturated rings. The molecule has 0 bridgehead atoms. The third-order valence-corrected chi connectivity index (χ3v) is 4.55. The lowest BCUT2D eigenvalue weighted by atomic mass is 9.96. The van der Waals surface area contributed by atoms with Crippen LogP contribution in [0, 0.1) is 5.92 Å². The van der Waals surface area contributed by atoms with Crippen LogP contribution in [-0.2, 0) is 19.1 Å². The second-order valence-electron chi connectivity index (χ2n) is 7.08. The van der Waals surface area contributed by atoms with Gasteiger partial charge >= 0.3 is 5.97 Å². The van der Waals surface area contributed by atoms with Gasteiger partial charge in [-0.1, -0.05) is 6.07 Å². The number of primary amides is 1. The van der Waals surface area contributed by atoms with Crippen LogP contribution in [-0.4, -0.2) is 55.6 Å². The molecule has 1 aromatic rings. The summed E-state index contributed by atoms with van der Waals surface area (Å²) in [5.41, 5.74) is 6.01. The largest absolute Gasteiger partial charge is 0.493 e. The number of likely N-dealkylation sites (tertiary alicyclic amines) is 1. The molecule has 0 saturated carbocycles. The lowest BCUT2D eigenvalue weighted by Gasteiger charge is -2.30. The van der Waals surface area contributed by atoms with Crippen molar-refractivity contribution in [3.8, 4) is 11.5 Å². The van der Waals surface area contributed by atoms with E-state index in [1.165, 1.54) is 6.08 Å². The van der Waals surface area contributed by atoms with E-state index >= 15 is 0 Å². The number of nitrogens with two attached hydrogens (primary N) is 1. The van der Waals surface area contributed by atoms with E-state index in [2.05, 4.69) is 0 Å². The quantitative estimate of drug-likeness (QED) is 0.522. The number of amides is 2. The Morgan fingerprint density at radius 1 is 1.21 bits per heavy atom. The first-order chi connectivity index (χ1) is 13.8. The number of esters is 1. The Morgan fingerprint density at radius 3 is 2.48 bits per heavy atom. The van der Waals surface area contributed by atoms with Crippen molar-refractivity contribution in [1.82, 2.24) is 4.90 Å². The maximum absolute atomic E-state index is 12.1. The van der Waals surface area contributed by atoms with Gasteiger partial charge in [-0.25, -0.2) is 4.79 Å². The van der Waals surface area contributed by atoms with Gasteiger partial charge in [-0.2, -0.15) is 0 Å². The number of ether oxygens (including phenoxy) is 3. The molecular formula is C21H28N2O6. The third-order valence-electron chi connectivity index (χ3n) is 4.55. The van der Waals surface area contributed by atoms with Crippen LogP contribution in [0.2, 0.25) is 0 Å². The molecule has 0 unspecified atom stereocenters. The SMILES string of the molecule is COc1cc(/C=C/C(=O)OCC(=O)N2CCC(C(N)=O)CC2)ccc1OC(C)C. The first-order valence-electron chi connectivity index (χ1n) is 9.56. The Morgan fingerprint density at radius 2 is 1.90 bits per heavy atom. The van der Waals surface area contributed by atoms with E-state index in [0.29, 0.717) is 37.4 Å². The molecule has 8 heteroatoms. The fourth-order valence-electron chi connectivity index (χ4n) is 2.99. The molecule has 1 aliphatic heterocycles. The average molecular weight is 404 g/mol. The summed E-state index contributed by atoms with van der Waals surface area (Å²) in [4.78, 5) is 36.8. The van der Waals surface area contributed by atoms with Gasteiger partial charge in [0, 0.05) is 25.1 Å². The highest BCUT2D eigenvalue weighted by molar-refractivity contribution is 5.89. The van der Waals surface area contributed by atoms with Crippen LogP contribution in [0.5, 0.6) is 11.5 Å². The van der Waals surface area contributed by atoms with E-state index in [1.807, 2.05) is 13.8 Å². The molecule has 2 rings (SSSR count). The van der Waals surface area contributed by atoms with Gasteiger partial charge in [0.1, 0.15) is 0 Å². The molecule has 1 aliphatic rings. The Hall–Kier alpha value is -3.03. The lowest BCUT2D eigenvalue weighted by Crippen LogP contribution is -2.43. The van der Waals surface area contributed by atoms with Crippen molar-refractivity contribution >= 4 is 23.9 Å². The van der Waals surface area contributed by atoms with Crippen LogP contribution in [0.1, 0.15) is 32.3 Å². The second-order valence-corrected chi connectivity index (χ2v) is 7.08. The standard InChI is InChI=1S/C21H28N2O6/c1-14(2)29-17-6-4-15(12-18(17)27-3)5-7-20(25)28-13-19(24)23-10-8-16(9-11-23)21(22)26/h4-7,12,14,16H,8-11,13H2,1-3H3,(H2,22,26)/b7-5+. The van der Waals surface area contributed by atoms with E-state index in [9.17, 15) is 14.4 Å². The second kappa shape index (κ2) is 10.5. The molecule has 8 nitrogen and oxygen atoms in total. The van der Waals surface area contributed by atoms with Crippen LogP contribution in [0.15, 0.2) is 24.3 Å². The molecule has 0 radical (unpaired) electrons. The third kappa shape index (κ3) is 6.81. The molecule has 1 heterocycles. The summed E-state index contributed by atoms with van der Waals surface area (Å²) in [5, 5.41) is 0. The number of piperidine rings is 1. The number of hydrogen-bond acceptors (Lipinski definition) is 6. The number of carbonyl (C=O) groups excluding carboxylic acids is 3. The summed E-state index contributed by atoms with van der Waals surface area (Å²) in [6.45, 7) is 4.37. The minimum Gasteiger partial charge on any atom is -0.493 e. The number of benzene rings is 1. The van der Waals surface area contributed by atoms with E-state index in [1.54, 1.807) is 36.3 Å². The smallest absolute Gasteiger partial charge is 0.331 e. The number of hydrogen-bond donors (Lipinski definition) is 1. The van der Waals surface area contributed by atoms with Crippen molar-refractivity contribution in [2.45, 2.75) is 32.8 Å². The van der Waals surface area contributed by atoms with Gasteiger partial charge in [-0.3, -0.25) is 9.59 Å². The van der Waals surface area contributed by atoms with Gasteiger partial charge in [-0.05, 0) is 50.5 Å². The number of rotatable bonds is 8. The summed E-state index contributed by atoms with van der Waals surface area (Å²) in [7, 11) is 1.54. The van der Waals surface area contributed by atoms with E-state index in [0.717, 1.165) is 5.56 Å². The van der Waals surface area contributed by atoms with Crippen molar-refractivity contribution in [3.05, 3.63) is 29.8 Å². The highest BCUT2D eigenvalue weighted by Gasteiger charge is 2.26. The molecule has 29 heavy (non-hydrogen) atoms.